The van der Waals surface area contributed by atoms with E-state index in [1.165, 1.54) is 43.5 Å². The smallest absolute Gasteiger partial charge is 0.410 e. The van der Waals surface area contributed by atoms with Crippen LogP contribution < -0.4 is 10.9 Å². The molecule has 2 rings (SSSR count). The average Bonchev–Trinajstić information content (AvgIpc) is 3.36. The van der Waals surface area contributed by atoms with Crippen molar-refractivity contribution < 1.29 is 23.8 Å². The van der Waals surface area contributed by atoms with Gasteiger partial charge in [-0.15, -0.1) is 11.3 Å². The molecule has 2 aromatic heterocycles. The SMILES string of the molecule is CC.CCc1ccc(CCC(C)C)s1.COC(=O)N/C=C/CCC(C)c1cc(O)c(C(=O)C(C)C)c(=O)o1. The molecule has 0 saturated heterocycles. The molecular formula is C30H47NO6S. The van der Waals surface area contributed by atoms with Crippen LogP contribution in [0.1, 0.15) is 106 Å². The van der Waals surface area contributed by atoms with Gasteiger partial charge in [-0.2, -0.15) is 0 Å². The number of aryl methyl sites for hydroxylation is 2. The van der Waals surface area contributed by atoms with E-state index in [2.05, 4.69) is 43.0 Å². The molecule has 214 valence electrons. The van der Waals surface area contributed by atoms with Gasteiger partial charge in [0.15, 0.2) is 5.78 Å². The van der Waals surface area contributed by atoms with Crippen LogP contribution in [0.5, 0.6) is 5.75 Å². The molecule has 0 aromatic carbocycles. The van der Waals surface area contributed by atoms with Crippen LogP contribution in [-0.4, -0.2) is 24.1 Å². The Morgan fingerprint density at radius 3 is 2.24 bits per heavy atom. The predicted octanol–water partition coefficient (Wildman–Crippen LogP) is 7.86. The van der Waals surface area contributed by atoms with E-state index in [1.807, 2.05) is 32.1 Å². The van der Waals surface area contributed by atoms with Crippen molar-refractivity contribution in [3.63, 3.8) is 0 Å². The maximum Gasteiger partial charge on any atom is 0.410 e. The number of alkyl carbamates (subject to hydrolysis) is 1. The van der Waals surface area contributed by atoms with Crippen LogP contribution in [0.3, 0.4) is 0 Å². The van der Waals surface area contributed by atoms with Crippen molar-refractivity contribution in [1.82, 2.24) is 5.32 Å². The Hall–Kier alpha value is -2.87. The number of ether oxygens (including phenoxy) is 1. The highest BCUT2D eigenvalue weighted by molar-refractivity contribution is 7.11. The summed E-state index contributed by atoms with van der Waals surface area (Å²) in [7, 11) is 1.27. The highest BCUT2D eigenvalue weighted by atomic mass is 32.1. The average molecular weight is 550 g/mol. The van der Waals surface area contributed by atoms with Crippen molar-refractivity contribution in [3.8, 4) is 5.75 Å². The Labute approximate surface area is 232 Å². The van der Waals surface area contributed by atoms with Gasteiger partial charge in [0.05, 0.1) is 7.11 Å². The number of hydrogen-bond donors (Lipinski definition) is 2. The lowest BCUT2D eigenvalue weighted by Gasteiger charge is -2.11. The fraction of sp³-hybridized carbons (Fsp3) is 0.567. The van der Waals surface area contributed by atoms with E-state index >= 15 is 0 Å². The van der Waals surface area contributed by atoms with Gasteiger partial charge < -0.3 is 14.3 Å². The highest BCUT2D eigenvalue weighted by Gasteiger charge is 2.22. The highest BCUT2D eigenvalue weighted by Crippen LogP contribution is 2.26. The van der Waals surface area contributed by atoms with Crippen molar-refractivity contribution in [2.75, 3.05) is 7.11 Å². The maximum absolute atomic E-state index is 12.0. The van der Waals surface area contributed by atoms with Gasteiger partial charge in [0.2, 0.25) is 0 Å². The summed E-state index contributed by atoms with van der Waals surface area (Å²) in [6, 6.07) is 5.87. The molecule has 0 radical (unpaired) electrons. The first-order valence-corrected chi connectivity index (χ1v) is 14.3. The third kappa shape index (κ3) is 13.1. The molecule has 7 nitrogen and oxygen atoms in total. The summed E-state index contributed by atoms with van der Waals surface area (Å²) in [5.41, 5.74) is -1.12. The molecule has 0 saturated carbocycles. The fourth-order valence-electron chi connectivity index (χ4n) is 3.19. The predicted molar refractivity (Wildman–Crippen MR) is 156 cm³/mol. The molecule has 2 heterocycles. The summed E-state index contributed by atoms with van der Waals surface area (Å²) in [5, 5.41) is 12.4. The second kappa shape index (κ2) is 19.2. The summed E-state index contributed by atoms with van der Waals surface area (Å²) < 4.78 is 9.60. The van der Waals surface area contributed by atoms with E-state index in [0.717, 1.165) is 5.92 Å². The van der Waals surface area contributed by atoms with Gasteiger partial charge in [-0.1, -0.05) is 61.5 Å². The summed E-state index contributed by atoms with van der Waals surface area (Å²) in [5.74, 6) is -0.208. The Kier molecular flexibility index (Phi) is 17.8. The molecule has 1 unspecified atom stereocenters. The second-order valence-electron chi connectivity index (χ2n) is 9.39. The zero-order valence-corrected chi connectivity index (χ0v) is 25.4. The maximum atomic E-state index is 12.0. The topological polar surface area (TPSA) is 106 Å². The van der Waals surface area contributed by atoms with E-state index in [9.17, 15) is 19.5 Å². The number of carbonyl (C=O) groups excluding carboxylic acids is 2. The Morgan fingerprint density at radius 1 is 1.11 bits per heavy atom. The van der Waals surface area contributed by atoms with Gasteiger partial charge in [0.25, 0.3) is 0 Å². The Morgan fingerprint density at radius 2 is 1.74 bits per heavy atom. The van der Waals surface area contributed by atoms with Crippen LogP contribution in [0.25, 0.3) is 0 Å². The molecule has 38 heavy (non-hydrogen) atoms. The number of amides is 1. The zero-order valence-electron chi connectivity index (χ0n) is 24.6. The number of Topliss-reactive ketones (excluding diaryl/α,β-unsaturated/α-hetero) is 1. The zero-order chi connectivity index (χ0) is 29.3. The van der Waals surface area contributed by atoms with Gasteiger partial charge >= 0.3 is 11.7 Å². The molecule has 1 atom stereocenters. The normalized spacial score (nSPS) is 11.4. The number of allylic oxidation sites excluding steroid dienone is 1. The molecule has 0 aliphatic carbocycles. The van der Waals surface area contributed by atoms with Crippen molar-refractivity contribution in [2.45, 2.75) is 93.4 Å². The van der Waals surface area contributed by atoms with Crippen molar-refractivity contribution >= 4 is 23.2 Å². The lowest BCUT2D eigenvalue weighted by Crippen LogP contribution is -2.19. The molecule has 0 aliphatic rings. The molecule has 0 spiro atoms. The van der Waals surface area contributed by atoms with E-state index in [-0.39, 0.29) is 17.2 Å². The summed E-state index contributed by atoms with van der Waals surface area (Å²) in [6.45, 7) is 15.9. The van der Waals surface area contributed by atoms with Gasteiger partial charge in [-0.25, -0.2) is 9.59 Å². The minimum absolute atomic E-state index is 0.144. The first kappa shape index (κ1) is 35.1. The minimum Gasteiger partial charge on any atom is -0.507 e. The van der Waals surface area contributed by atoms with Gasteiger partial charge in [-0.3, -0.25) is 10.1 Å². The summed E-state index contributed by atoms with van der Waals surface area (Å²) in [4.78, 5) is 37.8. The molecular weight excluding hydrogens is 502 g/mol. The van der Waals surface area contributed by atoms with Crippen LogP contribution in [0, 0.1) is 11.8 Å². The van der Waals surface area contributed by atoms with E-state index in [0.29, 0.717) is 18.6 Å². The van der Waals surface area contributed by atoms with Crippen molar-refractivity contribution in [2.24, 2.45) is 11.8 Å². The number of rotatable bonds is 11. The summed E-state index contributed by atoms with van der Waals surface area (Å²) >= 11 is 1.97. The van der Waals surface area contributed by atoms with E-state index in [1.54, 1.807) is 24.8 Å². The van der Waals surface area contributed by atoms with Crippen LogP contribution in [-0.2, 0) is 17.6 Å². The van der Waals surface area contributed by atoms with E-state index in [4.69, 9.17) is 4.42 Å². The number of thiophene rings is 1. The molecule has 0 aliphatic heterocycles. The Bertz CT molecular complexity index is 1050. The lowest BCUT2D eigenvalue weighted by atomic mass is 9.99. The molecule has 0 bridgehead atoms. The van der Waals surface area contributed by atoms with Crippen LogP contribution >= 0.6 is 11.3 Å². The standard InChI is InChI=1S/C17H23NO6.C11H18S.C2H6/c1-10(2)15(20)14-12(19)9-13(24-16(14)21)11(3)7-5-6-8-18-17(22)23-4;1-4-10-7-8-11(12-10)6-5-9(2)3;1-2/h6,8-11,19H,5,7H2,1-4H3,(H,18,22);7-9H,4-6H2,1-3H3;1-2H3/b8-6+;;. The van der Waals surface area contributed by atoms with Crippen LogP contribution in [0.4, 0.5) is 4.79 Å². The Balaban J connectivity index is 0.000000815. The fourth-order valence-corrected chi connectivity index (χ4v) is 4.17. The number of hydrogen-bond acceptors (Lipinski definition) is 7. The van der Waals surface area contributed by atoms with Gasteiger partial charge in [-0.05, 0) is 50.2 Å². The number of nitrogens with one attached hydrogen (secondary N) is 1. The molecule has 0 fully saturated rings. The van der Waals surface area contributed by atoms with Crippen molar-refractivity contribution in [3.05, 3.63) is 62.0 Å². The third-order valence-corrected chi connectivity index (χ3v) is 6.80. The molecule has 2 N–H and O–H groups in total. The van der Waals surface area contributed by atoms with Crippen molar-refractivity contribution in [1.29, 1.82) is 0 Å². The number of carbonyl (C=O) groups is 2. The second-order valence-corrected chi connectivity index (χ2v) is 10.6. The largest absolute Gasteiger partial charge is 0.507 e. The van der Waals surface area contributed by atoms with Crippen LogP contribution in [0.15, 0.2) is 39.7 Å². The summed E-state index contributed by atoms with van der Waals surface area (Å²) in [6.07, 6.45) is 7.67. The first-order valence-electron chi connectivity index (χ1n) is 13.5. The van der Waals surface area contributed by atoms with Gasteiger partial charge in [0, 0.05) is 33.9 Å². The number of aromatic hydroxyl groups is 1. The number of methoxy groups -OCH3 is 1. The number of ketones is 1. The minimum atomic E-state index is -0.821. The third-order valence-electron chi connectivity index (χ3n) is 5.51. The van der Waals surface area contributed by atoms with Crippen LogP contribution in [0.2, 0.25) is 0 Å². The van der Waals surface area contributed by atoms with Gasteiger partial charge in [0.1, 0.15) is 17.1 Å². The quantitative estimate of drug-likeness (QED) is 0.276. The molecule has 8 heteroatoms. The van der Waals surface area contributed by atoms with E-state index < -0.39 is 23.4 Å². The monoisotopic (exact) mass is 549 g/mol. The molecule has 1 amide bonds. The lowest BCUT2D eigenvalue weighted by molar-refractivity contribution is 0.0931. The molecule has 2 aromatic rings. The first-order chi connectivity index (χ1) is 18.0.